The summed E-state index contributed by atoms with van der Waals surface area (Å²) >= 11 is 0. The Bertz CT molecular complexity index is 1060. The summed E-state index contributed by atoms with van der Waals surface area (Å²) in [5.74, 6) is 0.0826. The van der Waals surface area contributed by atoms with E-state index >= 15 is 0 Å². The molecule has 2 aliphatic heterocycles. The number of ether oxygens (including phenoxy) is 2. The average Bonchev–Trinajstić information content (AvgIpc) is 2.88. The molecule has 0 bridgehead atoms. The number of piperidine rings is 1. The maximum atomic E-state index is 13.0. The second kappa shape index (κ2) is 10.5. The summed E-state index contributed by atoms with van der Waals surface area (Å²) in [5, 5.41) is 0. The lowest BCUT2D eigenvalue weighted by Gasteiger charge is -2.28. The third-order valence-electron chi connectivity index (χ3n) is 6.13. The van der Waals surface area contributed by atoms with Crippen molar-refractivity contribution in [3.05, 3.63) is 53.6 Å². The van der Waals surface area contributed by atoms with Crippen molar-refractivity contribution >= 4 is 21.6 Å². The summed E-state index contributed by atoms with van der Waals surface area (Å²) < 4.78 is 39.2. The number of anilines is 1. The van der Waals surface area contributed by atoms with E-state index in [1.165, 1.54) is 50.3 Å². The van der Waals surface area contributed by atoms with Crippen molar-refractivity contribution in [1.29, 1.82) is 0 Å². The Balaban J connectivity index is 1.46. The van der Waals surface area contributed by atoms with Gasteiger partial charge in [0.2, 0.25) is 10.0 Å². The number of carbonyl (C=O) groups excluding carboxylic acids is 1. The molecule has 0 radical (unpaired) electrons. The Kier molecular flexibility index (Phi) is 7.52. The second-order valence-electron chi connectivity index (χ2n) is 8.31. The maximum absolute atomic E-state index is 13.0. The van der Waals surface area contributed by atoms with Gasteiger partial charge in [-0.25, -0.2) is 13.1 Å². The van der Waals surface area contributed by atoms with E-state index in [9.17, 15) is 13.2 Å². The first-order chi connectivity index (χ1) is 16.0. The molecule has 2 aromatic carbocycles. The Morgan fingerprint density at radius 2 is 1.70 bits per heavy atom. The Labute approximate surface area is 195 Å². The van der Waals surface area contributed by atoms with Crippen LogP contribution in [0.3, 0.4) is 0 Å². The zero-order valence-electron chi connectivity index (χ0n) is 19.0. The molecule has 2 aliphatic rings. The summed E-state index contributed by atoms with van der Waals surface area (Å²) in [6, 6.07) is 12.4. The number of hydrogen-bond donors (Lipinski definition) is 1. The molecule has 9 heteroatoms. The highest BCUT2D eigenvalue weighted by Gasteiger charge is 2.24. The van der Waals surface area contributed by atoms with Gasteiger partial charge >= 0.3 is 0 Å². The predicted octanol–water partition coefficient (Wildman–Crippen LogP) is 2.64. The molecule has 33 heavy (non-hydrogen) atoms. The molecule has 2 aromatic rings. The quantitative estimate of drug-likeness (QED) is 0.665. The fourth-order valence-electron chi connectivity index (χ4n) is 4.20. The van der Waals surface area contributed by atoms with Crippen LogP contribution in [-0.4, -0.2) is 65.7 Å². The smallest absolute Gasteiger partial charge is 0.257 e. The van der Waals surface area contributed by atoms with Gasteiger partial charge in [-0.1, -0.05) is 12.1 Å². The van der Waals surface area contributed by atoms with Crippen molar-refractivity contribution in [2.45, 2.75) is 30.7 Å². The Hall–Kier alpha value is -2.62. The Morgan fingerprint density at radius 3 is 2.36 bits per heavy atom. The number of morpholine rings is 1. The van der Waals surface area contributed by atoms with Crippen LogP contribution in [0.5, 0.6) is 5.75 Å². The third-order valence-corrected chi connectivity index (χ3v) is 7.53. The minimum Gasteiger partial charge on any atom is -0.496 e. The van der Waals surface area contributed by atoms with Crippen LogP contribution in [0, 0.1) is 0 Å². The highest BCUT2D eigenvalue weighted by atomic mass is 32.2. The van der Waals surface area contributed by atoms with Crippen LogP contribution >= 0.6 is 0 Å². The minimum atomic E-state index is -3.81. The van der Waals surface area contributed by atoms with Gasteiger partial charge < -0.3 is 19.3 Å². The van der Waals surface area contributed by atoms with Gasteiger partial charge in [-0.05, 0) is 55.2 Å². The number of carbonyl (C=O) groups is 1. The molecule has 178 valence electrons. The van der Waals surface area contributed by atoms with Gasteiger partial charge in [0, 0.05) is 38.4 Å². The molecule has 0 spiro atoms. The number of hydrogen-bond acceptors (Lipinski definition) is 6. The molecule has 8 nitrogen and oxygen atoms in total. The van der Waals surface area contributed by atoms with Crippen molar-refractivity contribution in [2.75, 3.05) is 51.4 Å². The Morgan fingerprint density at radius 1 is 1.00 bits per heavy atom. The topological polar surface area (TPSA) is 88.2 Å². The van der Waals surface area contributed by atoms with E-state index in [0.717, 1.165) is 18.7 Å². The largest absolute Gasteiger partial charge is 0.496 e. The zero-order chi connectivity index (χ0) is 23.3. The van der Waals surface area contributed by atoms with Crippen LogP contribution in [0.15, 0.2) is 47.4 Å². The standard InChI is InChI=1S/C24H31N3O5S/c1-31-23-10-9-21(17-22(23)24(28)27-13-15-32-16-14-27)33(29,30)25-18-19-5-7-20(8-6-19)26-11-3-2-4-12-26/h5-10,17,25H,2-4,11-16,18H2,1H3. The molecular formula is C24H31N3O5S. The molecule has 1 N–H and O–H groups in total. The summed E-state index contributed by atoms with van der Waals surface area (Å²) in [4.78, 5) is 17.0. The molecular weight excluding hydrogens is 442 g/mol. The van der Waals surface area contributed by atoms with Crippen LogP contribution < -0.4 is 14.4 Å². The maximum Gasteiger partial charge on any atom is 0.257 e. The number of amides is 1. The lowest BCUT2D eigenvalue weighted by molar-refractivity contribution is 0.0300. The summed E-state index contributed by atoms with van der Waals surface area (Å²) in [7, 11) is -2.35. The van der Waals surface area contributed by atoms with E-state index < -0.39 is 10.0 Å². The number of nitrogens with zero attached hydrogens (tertiary/aromatic N) is 2. The summed E-state index contributed by atoms with van der Waals surface area (Å²) in [6.07, 6.45) is 3.69. The SMILES string of the molecule is COc1ccc(S(=O)(=O)NCc2ccc(N3CCCCC3)cc2)cc1C(=O)N1CCOCC1. The van der Waals surface area contributed by atoms with Crippen molar-refractivity contribution < 1.29 is 22.7 Å². The molecule has 2 fully saturated rings. The van der Waals surface area contributed by atoms with Crippen molar-refractivity contribution in [3.63, 3.8) is 0 Å². The molecule has 0 atom stereocenters. The van der Waals surface area contributed by atoms with E-state index in [1.807, 2.05) is 24.3 Å². The van der Waals surface area contributed by atoms with Gasteiger partial charge in [-0.15, -0.1) is 0 Å². The van der Waals surface area contributed by atoms with Crippen LogP contribution in [0.1, 0.15) is 35.2 Å². The number of benzene rings is 2. The lowest BCUT2D eigenvalue weighted by atomic mass is 10.1. The number of rotatable bonds is 7. The highest BCUT2D eigenvalue weighted by Crippen LogP contribution is 2.25. The number of sulfonamides is 1. The summed E-state index contributed by atoms with van der Waals surface area (Å²) in [6.45, 7) is 4.15. The number of nitrogens with one attached hydrogen (secondary N) is 1. The molecule has 2 saturated heterocycles. The van der Waals surface area contributed by atoms with Crippen molar-refractivity contribution in [2.24, 2.45) is 0 Å². The van der Waals surface area contributed by atoms with Crippen LogP contribution in [0.4, 0.5) is 5.69 Å². The van der Waals surface area contributed by atoms with Gasteiger partial charge in [-0.3, -0.25) is 4.79 Å². The fourth-order valence-corrected chi connectivity index (χ4v) is 5.24. The molecule has 0 saturated carbocycles. The summed E-state index contributed by atoms with van der Waals surface area (Å²) in [5.41, 5.74) is 2.27. The zero-order valence-corrected chi connectivity index (χ0v) is 19.8. The van der Waals surface area contributed by atoms with Gasteiger partial charge in [-0.2, -0.15) is 0 Å². The molecule has 0 aromatic heterocycles. The second-order valence-corrected chi connectivity index (χ2v) is 10.1. The predicted molar refractivity (Wildman–Crippen MR) is 126 cm³/mol. The molecule has 0 aliphatic carbocycles. The van der Waals surface area contributed by atoms with Crippen molar-refractivity contribution in [1.82, 2.24) is 9.62 Å². The van der Waals surface area contributed by atoms with Crippen LogP contribution in [0.2, 0.25) is 0 Å². The molecule has 1 amide bonds. The van der Waals surface area contributed by atoms with Gasteiger partial charge in [0.15, 0.2) is 0 Å². The van der Waals surface area contributed by atoms with Gasteiger partial charge in [0.05, 0.1) is 30.8 Å². The monoisotopic (exact) mass is 473 g/mol. The average molecular weight is 474 g/mol. The van der Waals surface area contributed by atoms with Crippen molar-refractivity contribution in [3.8, 4) is 5.75 Å². The van der Waals surface area contributed by atoms with E-state index in [1.54, 1.807) is 4.90 Å². The van der Waals surface area contributed by atoms with E-state index in [0.29, 0.717) is 32.1 Å². The minimum absolute atomic E-state index is 0.0323. The highest BCUT2D eigenvalue weighted by molar-refractivity contribution is 7.89. The van der Waals surface area contributed by atoms with E-state index in [-0.39, 0.29) is 22.9 Å². The first-order valence-electron chi connectivity index (χ1n) is 11.4. The fraction of sp³-hybridized carbons (Fsp3) is 0.458. The normalized spacial score (nSPS) is 17.1. The first kappa shape index (κ1) is 23.5. The van der Waals surface area contributed by atoms with Gasteiger partial charge in [0.25, 0.3) is 5.91 Å². The van der Waals surface area contributed by atoms with E-state index in [4.69, 9.17) is 9.47 Å². The molecule has 2 heterocycles. The van der Waals surface area contributed by atoms with Crippen LogP contribution in [-0.2, 0) is 21.3 Å². The molecule has 4 rings (SSSR count). The van der Waals surface area contributed by atoms with E-state index in [2.05, 4.69) is 9.62 Å². The van der Waals surface area contributed by atoms with Gasteiger partial charge in [0.1, 0.15) is 5.75 Å². The third kappa shape index (κ3) is 5.66. The number of methoxy groups -OCH3 is 1. The first-order valence-corrected chi connectivity index (χ1v) is 12.8. The lowest BCUT2D eigenvalue weighted by Crippen LogP contribution is -2.40. The van der Waals surface area contributed by atoms with Crippen LogP contribution in [0.25, 0.3) is 0 Å². The molecule has 0 unspecified atom stereocenters.